The van der Waals surface area contributed by atoms with Crippen LogP contribution in [0.25, 0.3) is 5.69 Å². The van der Waals surface area contributed by atoms with Gasteiger partial charge in [-0.05, 0) is 42.8 Å². The number of hydrazine groups is 1. The van der Waals surface area contributed by atoms with Gasteiger partial charge in [0.1, 0.15) is 10.7 Å². The molecule has 1 amide bonds. The van der Waals surface area contributed by atoms with Crippen molar-refractivity contribution >= 4 is 15.9 Å². The Morgan fingerprint density at radius 2 is 1.89 bits per heavy atom. The monoisotopic (exact) mass is 392 g/mol. The van der Waals surface area contributed by atoms with Crippen LogP contribution in [0, 0.1) is 18.6 Å². The van der Waals surface area contributed by atoms with Crippen molar-refractivity contribution in [2.45, 2.75) is 11.8 Å². The molecule has 0 spiro atoms. The highest BCUT2D eigenvalue weighted by molar-refractivity contribution is 7.89. The predicted octanol–water partition coefficient (Wildman–Crippen LogP) is 2.08. The topological polar surface area (TPSA) is 93.1 Å². The van der Waals surface area contributed by atoms with Crippen molar-refractivity contribution in [3.8, 4) is 5.69 Å². The Morgan fingerprint density at radius 3 is 2.56 bits per heavy atom. The molecule has 10 heteroatoms. The van der Waals surface area contributed by atoms with Crippen LogP contribution in [-0.2, 0) is 10.0 Å². The highest BCUT2D eigenvalue weighted by Gasteiger charge is 2.20. The second-order valence-electron chi connectivity index (χ2n) is 5.65. The van der Waals surface area contributed by atoms with Gasteiger partial charge in [0.25, 0.3) is 15.9 Å². The minimum atomic E-state index is -4.29. The molecule has 0 radical (unpaired) electrons. The average molecular weight is 392 g/mol. The van der Waals surface area contributed by atoms with E-state index in [9.17, 15) is 22.0 Å². The van der Waals surface area contributed by atoms with Gasteiger partial charge in [-0.25, -0.2) is 21.9 Å². The third-order valence-electron chi connectivity index (χ3n) is 3.57. The Balaban J connectivity index is 1.81. The van der Waals surface area contributed by atoms with Gasteiger partial charge in [0.05, 0.1) is 18.1 Å². The Labute approximate surface area is 153 Å². The maximum Gasteiger partial charge on any atom is 0.266 e. The molecule has 0 aliphatic rings. The summed E-state index contributed by atoms with van der Waals surface area (Å²) in [5, 5.41) is 3.82. The van der Waals surface area contributed by atoms with E-state index < -0.39 is 32.5 Å². The van der Waals surface area contributed by atoms with E-state index in [0.717, 1.165) is 24.5 Å². The standard InChI is InChI=1S/C17H14F2N4O3S/c1-11-6-12(8-14(7-11)23-10-13(18)9-20-23)17(24)21-22-27(25,26)16-5-3-2-4-15(16)19/h2-10,22H,1H3,(H,21,24). The molecule has 0 aliphatic carbocycles. The van der Waals surface area contributed by atoms with Gasteiger partial charge in [0.15, 0.2) is 5.82 Å². The summed E-state index contributed by atoms with van der Waals surface area (Å²) < 4.78 is 52.3. The fourth-order valence-corrected chi connectivity index (χ4v) is 3.29. The lowest BCUT2D eigenvalue weighted by molar-refractivity contribution is 0.0945. The molecule has 1 aromatic heterocycles. The lowest BCUT2D eigenvalue weighted by atomic mass is 10.1. The Kier molecular flexibility index (Phi) is 5.02. The fraction of sp³-hybridized carbons (Fsp3) is 0.0588. The summed E-state index contributed by atoms with van der Waals surface area (Å²) in [5.41, 5.74) is 3.23. The molecule has 0 aliphatic heterocycles. The van der Waals surface area contributed by atoms with Crippen molar-refractivity contribution in [1.29, 1.82) is 0 Å². The van der Waals surface area contributed by atoms with Crippen LogP contribution < -0.4 is 10.3 Å². The number of halogens is 2. The first kappa shape index (κ1) is 18.7. The predicted molar refractivity (Wildman–Crippen MR) is 92.4 cm³/mol. The number of aromatic nitrogens is 2. The summed E-state index contributed by atoms with van der Waals surface area (Å²) in [4.78, 5) is 13.6. The molecule has 0 fully saturated rings. The SMILES string of the molecule is Cc1cc(C(=O)NNS(=O)(=O)c2ccccc2F)cc(-n2cc(F)cn2)c1. The van der Waals surface area contributed by atoms with Gasteiger partial charge in [0.2, 0.25) is 0 Å². The number of hydrogen-bond donors (Lipinski definition) is 2. The van der Waals surface area contributed by atoms with Crippen LogP contribution in [0.15, 0.2) is 59.8 Å². The fourth-order valence-electron chi connectivity index (χ4n) is 2.37. The summed E-state index contributed by atoms with van der Waals surface area (Å²) in [6.45, 7) is 1.71. The van der Waals surface area contributed by atoms with Gasteiger partial charge >= 0.3 is 0 Å². The van der Waals surface area contributed by atoms with Crippen LogP contribution >= 0.6 is 0 Å². The van der Waals surface area contributed by atoms with Crippen molar-refractivity contribution < 1.29 is 22.0 Å². The Hall–Kier alpha value is -3.11. The highest BCUT2D eigenvalue weighted by Crippen LogP contribution is 2.15. The molecule has 0 saturated heterocycles. The molecule has 140 valence electrons. The normalized spacial score (nSPS) is 11.4. The molecular weight excluding hydrogens is 378 g/mol. The lowest BCUT2D eigenvalue weighted by Gasteiger charge is -2.11. The maximum absolute atomic E-state index is 13.7. The zero-order chi connectivity index (χ0) is 19.6. The van der Waals surface area contributed by atoms with Crippen LogP contribution in [0.2, 0.25) is 0 Å². The van der Waals surface area contributed by atoms with Gasteiger partial charge in [-0.1, -0.05) is 12.1 Å². The first-order valence-corrected chi connectivity index (χ1v) is 9.13. The molecule has 0 unspecified atom stereocenters. The van der Waals surface area contributed by atoms with Gasteiger partial charge < -0.3 is 0 Å². The number of amides is 1. The largest absolute Gasteiger partial charge is 0.273 e. The van der Waals surface area contributed by atoms with Crippen molar-refractivity contribution in [1.82, 2.24) is 20.0 Å². The molecule has 1 heterocycles. The van der Waals surface area contributed by atoms with Gasteiger partial charge in [-0.2, -0.15) is 5.10 Å². The zero-order valence-corrected chi connectivity index (χ0v) is 14.8. The molecule has 2 N–H and O–H groups in total. The van der Waals surface area contributed by atoms with Crippen LogP contribution in [0.5, 0.6) is 0 Å². The summed E-state index contributed by atoms with van der Waals surface area (Å²) in [7, 11) is -4.29. The van der Waals surface area contributed by atoms with E-state index >= 15 is 0 Å². The lowest BCUT2D eigenvalue weighted by Crippen LogP contribution is -2.41. The minimum absolute atomic E-state index is 0.108. The quantitative estimate of drug-likeness (QED) is 0.650. The smallest absolute Gasteiger partial charge is 0.266 e. The summed E-state index contributed by atoms with van der Waals surface area (Å²) in [6.07, 6.45) is 2.15. The highest BCUT2D eigenvalue weighted by atomic mass is 32.2. The van der Waals surface area contributed by atoms with Crippen molar-refractivity contribution in [2.75, 3.05) is 0 Å². The zero-order valence-electron chi connectivity index (χ0n) is 14.0. The van der Waals surface area contributed by atoms with Crippen molar-refractivity contribution in [2.24, 2.45) is 0 Å². The van der Waals surface area contributed by atoms with Crippen LogP contribution in [0.1, 0.15) is 15.9 Å². The van der Waals surface area contributed by atoms with Gasteiger partial charge in [-0.15, -0.1) is 4.83 Å². The number of nitrogens with zero attached hydrogens (tertiary/aromatic N) is 2. The molecular formula is C17H14F2N4O3S. The number of carbonyl (C=O) groups is 1. The number of carbonyl (C=O) groups excluding carboxylic acids is 1. The molecule has 27 heavy (non-hydrogen) atoms. The second-order valence-corrected chi connectivity index (χ2v) is 7.30. The number of sulfonamides is 1. The van der Waals surface area contributed by atoms with Gasteiger partial charge in [0, 0.05) is 5.56 Å². The van der Waals surface area contributed by atoms with Crippen molar-refractivity contribution in [3.05, 3.63) is 77.6 Å². The number of nitrogens with one attached hydrogen (secondary N) is 2. The van der Waals surface area contributed by atoms with E-state index in [2.05, 4.69) is 5.10 Å². The number of aryl methyl sites for hydroxylation is 1. The van der Waals surface area contributed by atoms with Crippen LogP contribution in [0.3, 0.4) is 0 Å². The molecule has 3 rings (SSSR count). The Bertz CT molecular complexity index is 1110. The van der Waals surface area contributed by atoms with Crippen LogP contribution in [0.4, 0.5) is 8.78 Å². The Morgan fingerprint density at radius 1 is 1.15 bits per heavy atom. The van der Waals surface area contributed by atoms with E-state index in [4.69, 9.17) is 0 Å². The summed E-state index contributed by atoms with van der Waals surface area (Å²) in [5.74, 6) is -2.26. The molecule has 3 aromatic rings. The first-order valence-electron chi connectivity index (χ1n) is 7.65. The van der Waals surface area contributed by atoms with E-state index in [1.54, 1.807) is 13.0 Å². The minimum Gasteiger partial charge on any atom is -0.273 e. The van der Waals surface area contributed by atoms with Crippen molar-refractivity contribution in [3.63, 3.8) is 0 Å². The number of rotatable bonds is 5. The maximum atomic E-state index is 13.7. The molecule has 0 atom stereocenters. The first-order chi connectivity index (χ1) is 12.8. The number of benzene rings is 2. The third kappa shape index (κ3) is 4.18. The summed E-state index contributed by atoms with van der Waals surface area (Å²) >= 11 is 0. The van der Waals surface area contributed by atoms with E-state index in [0.29, 0.717) is 11.3 Å². The van der Waals surface area contributed by atoms with E-state index in [1.807, 2.05) is 10.3 Å². The summed E-state index contributed by atoms with van der Waals surface area (Å²) in [6, 6.07) is 9.36. The van der Waals surface area contributed by atoms with Gasteiger partial charge in [-0.3, -0.25) is 10.2 Å². The number of hydrogen-bond acceptors (Lipinski definition) is 4. The molecule has 0 bridgehead atoms. The average Bonchev–Trinajstić information content (AvgIpc) is 3.06. The molecule has 7 nitrogen and oxygen atoms in total. The molecule has 2 aromatic carbocycles. The van der Waals surface area contributed by atoms with E-state index in [-0.39, 0.29) is 5.56 Å². The molecule has 0 saturated carbocycles. The second kappa shape index (κ2) is 7.25. The van der Waals surface area contributed by atoms with Crippen LogP contribution in [-0.4, -0.2) is 24.1 Å². The van der Waals surface area contributed by atoms with E-state index in [1.165, 1.54) is 28.9 Å². The third-order valence-corrected chi connectivity index (χ3v) is 4.85.